The molecular formula is C13H20N2O4. The van der Waals surface area contributed by atoms with Crippen molar-refractivity contribution < 1.29 is 18.8 Å². The zero-order chi connectivity index (χ0) is 14.0. The maximum atomic E-state index is 11.6. The first-order chi connectivity index (χ1) is 9.01. The third kappa shape index (κ3) is 3.13. The minimum Gasteiger partial charge on any atom is -0.467 e. The molecule has 0 aliphatic carbocycles. The number of nitrogens with zero attached hydrogens (tertiary/aromatic N) is 2. The molecule has 0 N–H and O–H groups in total. The average Bonchev–Trinajstić information content (AvgIpc) is 2.69. The molecule has 1 aliphatic rings. The summed E-state index contributed by atoms with van der Waals surface area (Å²) < 4.78 is 15.5. The van der Waals surface area contributed by atoms with Crippen LogP contribution in [-0.4, -0.2) is 48.4 Å². The van der Waals surface area contributed by atoms with Gasteiger partial charge in [0.25, 0.3) is 0 Å². The fraction of sp³-hybridized carbons (Fsp3) is 0.692. The number of hydrogen-bond donors (Lipinski definition) is 0. The SMILES string of the molecule is COC(=O)C1CN(Cc2c(C)noc2C)C[C@@H](C)O1. The Morgan fingerprint density at radius 2 is 2.21 bits per heavy atom. The second-order valence-electron chi connectivity index (χ2n) is 4.96. The first-order valence-electron chi connectivity index (χ1n) is 6.38. The summed E-state index contributed by atoms with van der Waals surface area (Å²) in [4.78, 5) is 13.8. The number of aromatic nitrogens is 1. The number of hydrogen-bond acceptors (Lipinski definition) is 6. The molecule has 1 saturated heterocycles. The summed E-state index contributed by atoms with van der Waals surface area (Å²) >= 11 is 0. The highest BCUT2D eigenvalue weighted by molar-refractivity contribution is 5.74. The molecule has 1 fully saturated rings. The number of aryl methyl sites for hydroxylation is 2. The molecule has 1 aromatic heterocycles. The molecule has 19 heavy (non-hydrogen) atoms. The highest BCUT2D eigenvalue weighted by atomic mass is 16.6. The van der Waals surface area contributed by atoms with Gasteiger partial charge in [-0.2, -0.15) is 0 Å². The molecule has 2 rings (SSSR count). The number of esters is 1. The van der Waals surface area contributed by atoms with Crippen LogP contribution in [-0.2, 0) is 20.8 Å². The molecule has 2 atom stereocenters. The predicted octanol–water partition coefficient (Wildman–Crippen LogP) is 1.05. The van der Waals surface area contributed by atoms with Gasteiger partial charge in [0.2, 0.25) is 0 Å². The summed E-state index contributed by atoms with van der Waals surface area (Å²) in [5.41, 5.74) is 1.98. The fourth-order valence-electron chi connectivity index (χ4n) is 2.38. The van der Waals surface area contributed by atoms with E-state index in [1.165, 1.54) is 7.11 Å². The van der Waals surface area contributed by atoms with Crippen LogP contribution in [0.3, 0.4) is 0 Å². The third-order valence-electron chi connectivity index (χ3n) is 3.36. The number of methoxy groups -OCH3 is 1. The highest BCUT2D eigenvalue weighted by Gasteiger charge is 2.31. The molecule has 6 heteroatoms. The Bertz CT molecular complexity index is 438. The number of ether oxygens (including phenoxy) is 2. The van der Waals surface area contributed by atoms with E-state index < -0.39 is 6.10 Å². The number of carbonyl (C=O) groups excluding carboxylic acids is 1. The standard InChI is InChI=1S/C13H20N2O4/c1-8-5-15(7-12(18-8)13(16)17-4)6-11-9(2)14-19-10(11)3/h8,12H,5-7H2,1-4H3/t8-,12?/m1/s1. The van der Waals surface area contributed by atoms with Crippen molar-refractivity contribution in [2.45, 2.75) is 39.5 Å². The van der Waals surface area contributed by atoms with Crippen molar-refractivity contribution in [1.82, 2.24) is 10.1 Å². The molecule has 0 saturated carbocycles. The zero-order valence-electron chi connectivity index (χ0n) is 11.8. The second-order valence-corrected chi connectivity index (χ2v) is 4.96. The Morgan fingerprint density at radius 3 is 2.79 bits per heavy atom. The normalized spacial score (nSPS) is 24.4. The summed E-state index contributed by atoms with van der Waals surface area (Å²) in [6, 6.07) is 0. The first-order valence-corrected chi connectivity index (χ1v) is 6.38. The van der Waals surface area contributed by atoms with Crippen molar-refractivity contribution in [3.05, 3.63) is 17.0 Å². The molecule has 0 aromatic carbocycles. The van der Waals surface area contributed by atoms with Crippen molar-refractivity contribution in [3.8, 4) is 0 Å². The quantitative estimate of drug-likeness (QED) is 0.764. The van der Waals surface area contributed by atoms with E-state index >= 15 is 0 Å². The molecule has 2 heterocycles. The molecule has 0 radical (unpaired) electrons. The molecule has 106 valence electrons. The van der Waals surface area contributed by atoms with Gasteiger partial charge < -0.3 is 14.0 Å². The lowest BCUT2D eigenvalue weighted by atomic mass is 10.1. The highest BCUT2D eigenvalue weighted by Crippen LogP contribution is 2.19. The van der Waals surface area contributed by atoms with Crippen LogP contribution in [0.25, 0.3) is 0 Å². The van der Waals surface area contributed by atoms with Crippen LogP contribution in [0.4, 0.5) is 0 Å². The summed E-state index contributed by atoms with van der Waals surface area (Å²) in [6.45, 7) is 7.79. The van der Waals surface area contributed by atoms with E-state index in [4.69, 9.17) is 14.0 Å². The average molecular weight is 268 g/mol. The van der Waals surface area contributed by atoms with Gasteiger partial charge in [0.05, 0.1) is 18.9 Å². The smallest absolute Gasteiger partial charge is 0.336 e. The molecule has 1 aromatic rings. The van der Waals surface area contributed by atoms with Crippen molar-refractivity contribution >= 4 is 5.97 Å². The van der Waals surface area contributed by atoms with Crippen LogP contribution in [0, 0.1) is 13.8 Å². The Balaban J connectivity index is 2.06. The van der Waals surface area contributed by atoms with Gasteiger partial charge >= 0.3 is 5.97 Å². The topological polar surface area (TPSA) is 64.8 Å². The Hall–Kier alpha value is -1.40. The maximum absolute atomic E-state index is 11.6. The van der Waals surface area contributed by atoms with Gasteiger partial charge in [-0.15, -0.1) is 0 Å². The summed E-state index contributed by atoms with van der Waals surface area (Å²) in [5, 5.41) is 3.95. The van der Waals surface area contributed by atoms with Crippen molar-refractivity contribution in [2.75, 3.05) is 20.2 Å². The van der Waals surface area contributed by atoms with Crippen molar-refractivity contribution in [2.24, 2.45) is 0 Å². The lowest BCUT2D eigenvalue weighted by Gasteiger charge is -2.35. The lowest BCUT2D eigenvalue weighted by Crippen LogP contribution is -2.49. The van der Waals surface area contributed by atoms with E-state index in [2.05, 4.69) is 10.1 Å². The van der Waals surface area contributed by atoms with Gasteiger partial charge in [-0.25, -0.2) is 4.79 Å². The van der Waals surface area contributed by atoms with E-state index in [0.717, 1.165) is 23.6 Å². The van der Waals surface area contributed by atoms with Crippen molar-refractivity contribution in [3.63, 3.8) is 0 Å². The van der Waals surface area contributed by atoms with Gasteiger partial charge in [-0.3, -0.25) is 4.90 Å². The number of morpholine rings is 1. The Morgan fingerprint density at radius 1 is 1.47 bits per heavy atom. The van der Waals surface area contributed by atoms with E-state index in [1.807, 2.05) is 20.8 Å². The van der Waals surface area contributed by atoms with E-state index in [-0.39, 0.29) is 12.1 Å². The minimum atomic E-state index is -0.519. The van der Waals surface area contributed by atoms with E-state index in [0.29, 0.717) is 13.1 Å². The van der Waals surface area contributed by atoms with E-state index in [9.17, 15) is 4.79 Å². The summed E-state index contributed by atoms with van der Waals surface area (Å²) in [6.07, 6.45) is -0.521. The Kier molecular flexibility index (Phi) is 4.21. The largest absolute Gasteiger partial charge is 0.467 e. The van der Waals surface area contributed by atoms with Crippen LogP contribution in [0.1, 0.15) is 23.9 Å². The number of rotatable bonds is 3. The molecular weight excluding hydrogens is 248 g/mol. The first kappa shape index (κ1) is 14.0. The Labute approximate surface area is 112 Å². The van der Waals surface area contributed by atoms with E-state index in [1.54, 1.807) is 0 Å². The predicted molar refractivity (Wildman–Crippen MR) is 67.6 cm³/mol. The molecule has 0 amide bonds. The molecule has 0 bridgehead atoms. The van der Waals surface area contributed by atoms with Gasteiger partial charge in [0.15, 0.2) is 6.10 Å². The lowest BCUT2D eigenvalue weighted by molar-refractivity contribution is -0.166. The monoisotopic (exact) mass is 268 g/mol. The molecule has 1 aliphatic heterocycles. The van der Waals surface area contributed by atoms with Crippen LogP contribution in [0.15, 0.2) is 4.52 Å². The van der Waals surface area contributed by atoms with Crippen LogP contribution in [0.2, 0.25) is 0 Å². The molecule has 1 unspecified atom stereocenters. The fourth-order valence-corrected chi connectivity index (χ4v) is 2.38. The van der Waals surface area contributed by atoms with Gasteiger partial charge in [0, 0.05) is 25.2 Å². The maximum Gasteiger partial charge on any atom is 0.336 e. The van der Waals surface area contributed by atoms with Crippen LogP contribution < -0.4 is 0 Å². The summed E-state index contributed by atoms with van der Waals surface area (Å²) in [5.74, 6) is 0.501. The summed E-state index contributed by atoms with van der Waals surface area (Å²) in [7, 11) is 1.38. The molecule has 6 nitrogen and oxygen atoms in total. The number of carbonyl (C=O) groups is 1. The minimum absolute atomic E-state index is 0.00155. The van der Waals surface area contributed by atoms with Gasteiger partial charge in [-0.1, -0.05) is 5.16 Å². The van der Waals surface area contributed by atoms with Crippen LogP contribution >= 0.6 is 0 Å². The van der Waals surface area contributed by atoms with Crippen LogP contribution in [0.5, 0.6) is 0 Å². The second kappa shape index (κ2) is 5.71. The van der Waals surface area contributed by atoms with Gasteiger partial charge in [-0.05, 0) is 20.8 Å². The van der Waals surface area contributed by atoms with Crippen molar-refractivity contribution in [1.29, 1.82) is 0 Å². The third-order valence-corrected chi connectivity index (χ3v) is 3.36. The molecule has 0 spiro atoms. The van der Waals surface area contributed by atoms with Gasteiger partial charge in [0.1, 0.15) is 5.76 Å². The zero-order valence-corrected chi connectivity index (χ0v) is 11.8.